The summed E-state index contributed by atoms with van der Waals surface area (Å²) in [5.74, 6) is -1.66. The van der Waals surface area contributed by atoms with E-state index in [1.807, 2.05) is 6.20 Å². The Bertz CT molecular complexity index is 1460. The van der Waals surface area contributed by atoms with Crippen molar-refractivity contribution in [2.24, 2.45) is 7.05 Å². The molecule has 1 aliphatic heterocycles. The van der Waals surface area contributed by atoms with E-state index in [-0.39, 0.29) is 37.7 Å². The van der Waals surface area contributed by atoms with Gasteiger partial charge in [-0.15, -0.1) is 0 Å². The molecule has 2 aliphatic rings. The number of rotatable bonds is 7. The van der Waals surface area contributed by atoms with E-state index < -0.39 is 29.6 Å². The lowest BCUT2D eigenvalue weighted by molar-refractivity contribution is -0.135. The van der Waals surface area contributed by atoms with E-state index in [2.05, 4.69) is 21.0 Å². The lowest BCUT2D eigenvalue weighted by atomic mass is 9.94. The first-order chi connectivity index (χ1) is 18.7. The SMILES string of the molecule is CNC(=O)Nc1ccc2c(c1)C(CC(=O)N(Cc1ccc(F)cc1)Cc1cnn(C)c1)C[C@@]21OC(=O)NC1=O. The van der Waals surface area contributed by atoms with Crippen LogP contribution in [-0.2, 0) is 40.1 Å². The summed E-state index contributed by atoms with van der Waals surface area (Å²) < 4.78 is 20.6. The van der Waals surface area contributed by atoms with Crippen LogP contribution in [0.2, 0.25) is 0 Å². The van der Waals surface area contributed by atoms with Crippen molar-refractivity contribution in [3.63, 3.8) is 0 Å². The number of aryl methyl sites for hydroxylation is 1. The van der Waals surface area contributed by atoms with Gasteiger partial charge in [-0.1, -0.05) is 18.2 Å². The topological polar surface area (TPSA) is 135 Å². The highest BCUT2D eigenvalue weighted by molar-refractivity contribution is 6.04. The Balaban J connectivity index is 1.45. The van der Waals surface area contributed by atoms with Crippen molar-refractivity contribution in [2.45, 2.75) is 37.5 Å². The second-order valence-electron chi connectivity index (χ2n) is 9.68. The molecule has 5 rings (SSSR count). The molecule has 39 heavy (non-hydrogen) atoms. The number of nitrogens with zero attached hydrogens (tertiary/aromatic N) is 3. The summed E-state index contributed by atoms with van der Waals surface area (Å²) in [5, 5.41) is 11.6. The van der Waals surface area contributed by atoms with Gasteiger partial charge in [0.2, 0.25) is 11.5 Å². The van der Waals surface area contributed by atoms with Gasteiger partial charge in [0.15, 0.2) is 0 Å². The standard InChI is InChI=1S/C27H27FN6O5/c1-29-25(37)31-20-7-8-22-21(10-20)18(11-27(22)24(36)32-26(38)39-27)9-23(35)34(15-17-12-30-33(2)13-17)14-16-3-5-19(28)6-4-16/h3-8,10,12-13,18H,9,11,14-15H2,1-2H3,(H2,29,31,37)(H,32,36,38)/t18?,27-/m1/s1. The Labute approximate surface area is 223 Å². The summed E-state index contributed by atoms with van der Waals surface area (Å²) >= 11 is 0. The number of fused-ring (bicyclic) bond motifs is 2. The molecule has 3 aromatic rings. The molecule has 5 amide bonds. The van der Waals surface area contributed by atoms with Gasteiger partial charge in [0.05, 0.1) is 6.20 Å². The number of anilines is 1. The number of imide groups is 1. The van der Waals surface area contributed by atoms with E-state index in [9.17, 15) is 23.6 Å². The molecule has 0 bridgehead atoms. The third kappa shape index (κ3) is 5.17. The molecule has 1 spiro atoms. The Morgan fingerprint density at radius 1 is 1.18 bits per heavy atom. The lowest BCUT2D eigenvalue weighted by Crippen LogP contribution is -2.35. The molecule has 0 saturated carbocycles. The van der Waals surface area contributed by atoms with Crippen molar-refractivity contribution < 1.29 is 28.3 Å². The minimum absolute atomic E-state index is 0.00443. The average Bonchev–Trinajstić information content (AvgIpc) is 3.54. The Hall–Kier alpha value is -4.74. The summed E-state index contributed by atoms with van der Waals surface area (Å²) in [6.45, 7) is 0.495. The van der Waals surface area contributed by atoms with Gasteiger partial charge in [0, 0.05) is 63.0 Å². The minimum Gasteiger partial charge on any atom is -0.427 e. The molecule has 12 heteroatoms. The maximum absolute atomic E-state index is 13.8. The highest BCUT2D eigenvalue weighted by Crippen LogP contribution is 2.51. The third-order valence-corrected chi connectivity index (χ3v) is 6.99. The van der Waals surface area contributed by atoms with Crippen LogP contribution in [0.1, 0.15) is 41.0 Å². The van der Waals surface area contributed by atoms with Gasteiger partial charge in [-0.2, -0.15) is 5.10 Å². The van der Waals surface area contributed by atoms with Gasteiger partial charge in [0.25, 0.3) is 5.91 Å². The van der Waals surface area contributed by atoms with Gasteiger partial charge >= 0.3 is 12.1 Å². The smallest absolute Gasteiger partial charge is 0.415 e. The number of amides is 5. The van der Waals surface area contributed by atoms with Crippen molar-refractivity contribution >= 4 is 29.6 Å². The van der Waals surface area contributed by atoms with Gasteiger partial charge in [0.1, 0.15) is 5.82 Å². The molecule has 1 aliphatic carbocycles. The summed E-state index contributed by atoms with van der Waals surface area (Å²) in [6.07, 6.45) is 2.71. The normalized spacial score (nSPS) is 19.4. The van der Waals surface area contributed by atoms with Crippen molar-refractivity contribution in [3.05, 3.63) is 82.9 Å². The largest absolute Gasteiger partial charge is 0.427 e. The molecular weight excluding hydrogens is 507 g/mol. The zero-order valence-electron chi connectivity index (χ0n) is 21.4. The van der Waals surface area contributed by atoms with Crippen molar-refractivity contribution in [2.75, 3.05) is 12.4 Å². The molecule has 0 radical (unpaired) electrons. The minimum atomic E-state index is -1.55. The number of ether oxygens (including phenoxy) is 1. The van der Waals surface area contributed by atoms with E-state index in [1.165, 1.54) is 19.2 Å². The molecule has 202 valence electrons. The maximum atomic E-state index is 13.8. The van der Waals surface area contributed by atoms with Crippen LogP contribution in [-0.4, -0.2) is 45.7 Å². The Kier molecular flexibility index (Phi) is 6.77. The van der Waals surface area contributed by atoms with Crippen molar-refractivity contribution in [1.82, 2.24) is 25.3 Å². The quantitative estimate of drug-likeness (QED) is 0.427. The molecule has 11 nitrogen and oxygen atoms in total. The molecular formula is C27H27FN6O5. The number of carbonyl (C=O) groups excluding carboxylic acids is 4. The molecule has 1 aromatic heterocycles. The van der Waals surface area contributed by atoms with Crippen molar-refractivity contribution in [3.8, 4) is 0 Å². The van der Waals surface area contributed by atoms with Crippen LogP contribution in [0.25, 0.3) is 0 Å². The third-order valence-electron chi connectivity index (χ3n) is 6.99. The molecule has 1 saturated heterocycles. The zero-order chi connectivity index (χ0) is 27.7. The molecule has 2 heterocycles. The first kappa shape index (κ1) is 25.9. The second kappa shape index (κ2) is 10.2. The van der Waals surface area contributed by atoms with E-state index in [0.717, 1.165) is 11.1 Å². The molecule has 3 N–H and O–H groups in total. The van der Waals surface area contributed by atoms with Gasteiger partial charge in [-0.05, 0) is 41.3 Å². The predicted molar refractivity (Wildman–Crippen MR) is 137 cm³/mol. The van der Waals surface area contributed by atoms with E-state index in [1.54, 1.807) is 53.2 Å². The molecule has 2 atom stereocenters. The number of benzene rings is 2. The summed E-state index contributed by atoms with van der Waals surface area (Å²) in [4.78, 5) is 52.2. The van der Waals surface area contributed by atoms with Crippen LogP contribution < -0.4 is 16.0 Å². The Morgan fingerprint density at radius 2 is 1.92 bits per heavy atom. The number of nitrogens with one attached hydrogen (secondary N) is 3. The van der Waals surface area contributed by atoms with Crippen molar-refractivity contribution in [1.29, 1.82) is 0 Å². The van der Waals surface area contributed by atoms with Gasteiger partial charge in [-0.25, -0.2) is 14.0 Å². The predicted octanol–water partition coefficient (Wildman–Crippen LogP) is 2.88. The summed E-state index contributed by atoms with van der Waals surface area (Å²) in [7, 11) is 3.27. The van der Waals surface area contributed by atoms with Crippen LogP contribution in [0.4, 0.5) is 19.7 Å². The van der Waals surface area contributed by atoms with Crippen LogP contribution >= 0.6 is 0 Å². The number of urea groups is 1. The highest BCUT2D eigenvalue weighted by Gasteiger charge is 2.57. The number of halogens is 1. The Morgan fingerprint density at radius 3 is 2.56 bits per heavy atom. The van der Waals surface area contributed by atoms with Crippen LogP contribution in [0.15, 0.2) is 54.9 Å². The lowest BCUT2D eigenvalue weighted by Gasteiger charge is -2.25. The fourth-order valence-electron chi connectivity index (χ4n) is 5.18. The molecule has 1 unspecified atom stereocenters. The number of aromatic nitrogens is 2. The monoisotopic (exact) mass is 534 g/mol. The van der Waals surface area contributed by atoms with E-state index in [0.29, 0.717) is 16.8 Å². The van der Waals surface area contributed by atoms with Gasteiger partial charge < -0.3 is 20.3 Å². The number of carbonyl (C=O) groups is 4. The summed E-state index contributed by atoms with van der Waals surface area (Å²) in [6, 6.07) is 10.4. The van der Waals surface area contributed by atoms with E-state index >= 15 is 0 Å². The number of alkyl carbamates (subject to hydrolysis) is 1. The van der Waals surface area contributed by atoms with Crippen LogP contribution in [0.5, 0.6) is 0 Å². The zero-order valence-corrected chi connectivity index (χ0v) is 21.4. The second-order valence-corrected chi connectivity index (χ2v) is 9.68. The molecule has 1 fully saturated rings. The molecule has 2 aromatic carbocycles. The fraction of sp³-hybridized carbons (Fsp3) is 0.296. The van der Waals surface area contributed by atoms with Crippen LogP contribution in [0.3, 0.4) is 0 Å². The highest BCUT2D eigenvalue weighted by atomic mass is 19.1. The fourth-order valence-corrected chi connectivity index (χ4v) is 5.18. The van der Waals surface area contributed by atoms with Crippen LogP contribution in [0, 0.1) is 5.82 Å². The van der Waals surface area contributed by atoms with Gasteiger partial charge in [-0.3, -0.25) is 19.6 Å². The first-order valence-electron chi connectivity index (χ1n) is 12.3. The maximum Gasteiger partial charge on any atom is 0.415 e. The first-order valence-corrected chi connectivity index (χ1v) is 12.3. The van der Waals surface area contributed by atoms with E-state index in [4.69, 9.17) is 4.74 Å². The average molecular weight is 535 g/mol. The number of hydrogen-bond acceptors (Lipinski definition) is 6. The summed E-state index contributed by atoms with van der Waals surface area (Å²) in [5.41, 5.74) is 1.59. The number of hydrogen-bond donors (Lipinski definition) is 3.